The molecule has 0 aromatic rings. The molecule has 2 bridgehead atoms. The Balaban J connectivity index is 1.98. The van der Waals surface area contributed by atoms with Crippen molar-refractivity contribution in [3.63, 3.8) is 0 Å². The lowest BCUT2D eigenvalue weighted by molar-refractivity contribution is -0.146. The molecular weight excluding hydrogens is 154 g/mol. The first kappa shape index (κ1) is 7.80. The van der Waals surface area contributed by atoms with Gasteiger partial charge >= 0.3 is 5.97 Å². The van der Waals surface area contributed by atoms with Crippen LogP contribution in [-0.2, 0) is 9.53 Å². The van der Waals surface area contributed by atoms with Crippen molar-refractivity contribution in [2.45, 2.75) is 25.4 Å². The number of carbonyl (C=O) groups excluding carboxylic acids is 1. The van der Waals surface area contributed by atoms with Crippen LogP contribution in [0.4, 0.5) is 0 Å². The molecule has 2 rings (SSSR count). The molecule has 0 aromatic carbocycles. The summed E-state index contributed by atoms with van der Waals surface area (Å²) in [4.78, 5) is 11.3. The van der Waals surface area contributed by atoms with Gasteiger partial charge in [0.2, 0.25) is 0 Å². The molecule has 0 radical (unpaired) electrons. The van der Waals surface area contributed by atoms with Gasteiger partial charge in [-0.1, -0.05) is 12.2 Å². The van der Waals surface area contributed by atoms with E-state index in [1.54, 1.807) is 0 Å². The Morgan fingerprint density at radius 1 is 1.67 bits per heavy atom. The van der Waals surface area contributed by atoms with Crippen LogP contribution in [0.2, 0.25) is 0 Å². The predicted octanol–water partition coefficient (Wildman–Crippen LogP) is 0.466. The smallest absolute Gasteiger partial charge is 0.323 e. The Bertz CT molecular complexity index is 225. The molecule has 0 amide bonds. The van der Waals surface area contributed by atoms with Crippen molar-refractivity contribution in [3.8, 4) is 0 Å². The van der Waals surface area contributed by atoms with E-state index in [2.05, 4.69) is 17.5 Å². The van der Waals surface area contributed by atoms with E-state index in [-0.39, 0.29) is 12.0 Å². The fraction of sp³-hybridized carbons (Fsp3) is 0.667. The second-order valence-electron chi connectivity index (χ2n) is 3.29. The van der Waals surface area contributed by atoms with Gasteiger partial charge in [0.05, 0.1) is 6.61 Å². The number of nitrogens with one attached hydrogen (secondary N) is 1. The second kappa shape index (κ2) is 2.90. The van der Waals surface area contributed by atoms with Gasteiger partial charge in [-0.3, -0.25) is 10.1 Å². The van der Waals surface area contributed by atoms with Gasteiger partial charge in [-0.15, -0.1) is 0 Å². The zero-order chi connectivity index (χ0) is 8.55. The lowest BCUT2D eigenvalue weighted by Gasteiger charge is -2.17. The van der Waals surface area contributed by atoms with E-state index < -0.39 is 0 Å². The average Bonchev–Trinajstić information content (AvgIpc) is 2.64. The number of hydrogen-bond acceptors (Lipinski definition) is 3. The summed E-state index contributed by atoms with van der Waals surface area (Å²) >= 11 is 0. The van der Waals surface area contributed by atoms with Crippen LogP contribution in [0, 0.1) is 5.92 Å². The number of rotatable bonds is 2. The van der Waals surface area contributed by atoms with Gasteiger partial charge in [-0.05, 0) is 13.3 Å². The quantitative estimate of drug-likeness (QED) is 0.480. The summed E-state index contributed by atoms with van der Waals surface area (Å²) in [5.74, 6) is 0.267. The van der Waals surface area contributed by atoms with Gasteiger partial charge in [-0.2, -0.15) is 0 Å². The largest absolute Gasteiger partial charge is 0.465 e. The molecule has 3 heteroatoms. The number of ether oxygens (including phenoxy) is 1. The number of fused-ring (bicyclic) bond motifs is 2. The molecule has 12 heavy (non-hydrogen) atoms. The molecule has 0 unspecified atom stereocenters. The first-order valence-corrected chi connectivity index (χ1v) is 4.42. The molecule has 1 fully saturated rings. The molecule has 0 aromatic heterocycles. The van der Waals surface area contributed by atoms with Gasteiger partial charge < -0.3 is 4.74 Å². The van der Waals surface area contributed by atoms with Crippen LogP contribution < -0.4 is 5.32 Å². The SMILES string of the molecule is CCOC(=O)[C@@H]1N[C@H]2C=C[C@H]1C2. The van der Waals surface area contributed by atoms with Crippen LogP contribution in [0.1, 0.15) is 13.3 Å². The van der Waals surface area contributed by atoms with Gasteiger partial charge in [0.1, 0.15) is 6.04 Å². The Kier molecular flexibility index (Phi) is 1.89. The molecular formula is C9H13NO2. The number of carbonyl (C=O) groups is 1. The minimum atomic E-state index is -0.102. The van der Waals surface area contributed by atoms with E-state index in [0.717, 1.165) is 6.42 Å². The summed E-state index contributed by atoms with van der Waals surface area (Å²) in [6.45, 7) is 2.30. The first-order valence-electron chi connectivity index (χ1n) is 4.42. The van der Waals surface area contributed by atoms with Gasteiger partial charge in [-0.25, -0.2) is 0 Å². The third-order valence-corrected chi connectivity index (χ3v) is 2.48. The van der Waals surface area contributed by atoms with Crippen molar-refractivity contribution < 1.29 is 9.53 Å². The maximum absolute atomic E-state index is 11.3. The Morgan fingerprint density at radius 3 is 3.00 bits per heavy atom. The minimum Gasteiger partial charge on any atom is -0.465 e. The first-order chi connectivity index (χ1) is 5.81. The fourth-order valence-corrected chi connectivity index (χ4v) is 1.93. The summed E-state index contributed by atoms with van der Waals surface area (Å²) in [7, 11) is 0. The maximum atomic E-state index is 11.3. The molecule has 3 atom stereocenters. The van der Waals surface area contributed by atoms with E-state index in [1.165, 1.54) is 0 Å². The van der Waals surface area contributed by atoms with Gasteiger partial charge in [0.15, 0.2) is 0 Å². The lowest BCUT2D eigenvalue weighted by atomic mass is 10.0. The van der Waals surface area contributed by atoms with Crippen molar-refractivity contribution in [1.82, 2.24) is 5.32 Å². The standard InChI is InChI=1S/C9H13NO2/c1-2-12-9(11)8-6-3-4-7(5-6)10-8/h3-4,6-8,10H,2,5H2,1H3/t6-,7-,8+/m0/s1. The molecule has 2 aliphatic rings. The van der Waals surface area contributed by atoms with E-state index in [0.29, 0.717) is 18.6 Å². The molecule has 3 nitrogen and oxygen atoms in total. The van der Waals surface area contributed by atoms with Crippen molar-refractivity contribution in [1.29, 1.82) is 0 Å². The maximum Gasteiger partial charge on any atom is 0.323 e. The summed E-state index contributed by atoms with van der Waals surface area (Å²) < 4.78 is 4.94. The number of hydrogen-bond donors (Lipinski definition) is 1. The zero-order valence-corrected chi connectivity index (χ0v) is 7.12. The second-order valence-corrected chi connectivity index (χ2v) is 3.29. The third-order valence-electron chi connectivity index (χ3n) is 2.48. The highest BCUT2D eigenvalue weighted by Gasteiger charge is 2.39. The number of esters is 1. The molecule has 1 aliphatic carbocycles. The highest BCUT2D eigenvalue weighted by molar-refractivity contribution is 5.77. The van der Waals surface area contributed by atoms with Crippen LogP contribution in [0.5, 0.6) is 0 Å². The lowest BCUT2D eigenvalue weighted by Crippen LogP contribution is -2.40. The van der Waals surface area contributed by atoms with E-state index in [1.807, 2.05) is 6.92 Å². The minimum absolute atomic E-state index is 0.0834. The summed E-state index contributed by atoms with van der Waals surface area (Å²) in [5.41, 5.74) is 0. The van der Waals surface area contributed by atoms with E-state index in [4.69, 9.17) is 4.74 Å². The monoisotopic (exact) mass is 167 g/mol. The normalized spacial score (nSPS) is 37.2. The van der Waals surface area contributed by atoms with Crippen molar-refractivity contribution in [3.05, 3.63) is 12.2 Å². The van der Waals surface area contributed by atoms with Crippen LogP contribution in [0.3, 0.4) is 0 Å². The Labute approximate surface area is 71.8 Å². The third kappa shape index (κ3) is 1.14. The molecule has 1 N–H and O–H groups in total. The molecule has 1 aliphatic heterocycles. The topological polar surface area (TPSA) is 38.3 Å². The van der Waals surface area contributed by atoms with E-state index in [9.17, 15) is 4.79 Å². The van der Waals surface area contributed by atoms with Crippen LogP contribution in [-0.4, -0.2) is 24.7 Å². The van der Waals surface area contributed by atoms with Crippen molar-refractivity contribution in [2.75, 3.05) is 6.61 Å². The Hall–Kier alpha value is -0.830. The molecule has 66 valence electrons. The predicted molar refractivity (Wildman–Crippen MR) is 44.6 cm³/mol. The average molecular weight is 167 g/mol. The molecule has 0 spiro atoms. The molecule has 1 saturated heterocycles. The van der Waals surface area contributed by atoms with Crippen molar-refractivity contribution >= 4 is 5.97 Å². The van der Waals surface area contributed by atoms with Gasteiger partial charge in [0, 0.05) is 12.0 Å². The summed E-state index contributed by atoms with van der Waals surface area (Å²) in [6, 6.07) is 0.323. The summed E-state index contributed by atoms with van der Waals surface area (Å²) in [6.07, 6.45) is 5.30. The van der Waals surface area contributed by atoms with Gasteiger partial charge in [0.25, 0.3) is 0 Å². The zero-order valence-electron chi connectivity index (χ0n) is 7.12. The fourth-order valence-electron chi connectivity index (χ4n) is 1.93. The summed E-state index contributed by atoms with van der Waals surface area (Å²) in [5, 5.41) is 3.21. The van der Waals surface area contributed by atoms with Crippen LogP contribution in [0.15, 0.2) is 12.2 Å². The molecule has 0 saturated carbocycles. The highest BCUT2D eigenvalue weighted by Crippen LogP contribution is 2.29. The van der Waals surface area contributed by atoms with Crippen LogP contribution in [0.25, 0.3) is 0 Å². The van der Waals surface area contributed by atoms with E-state index >= 15 is 0 Å². The van der Waals surface area contributed by atoms with Crippen molar-refractivity contribution in [2.24, 2.45) is 5.92 Å². The molecule has 1 heterocycles. The highest BCUT2D eigenvalue weighted by atomic mass is 16.5. The Morgan fingerprint density at radius 2 is 2.50 bits per heavy atom. The van der Waals surface area contributed by atoms with Crippen LogP contribution >= 0.6 is 0 Å².